The lowest BCUT2D eigenvalue weighted by Crippen LogP contribution is -2.24. The van der Waals surface area contributed by atoms with Crippen LogP contribution < -0.4 is 0 Å². The highest BCUT2D eigenvalue weighted by Crippen LogP contribution is 2.33. The molecule has 0 saturated heterocycles. The van der Waals surface area contributed by atoms with Crippen LogP contribution in [0.1, 0.15) is 21.7 Å². The first-order valence-electron chi connectivity index (χ1n) is 10.3. The second-order valence-corrected chi connectivity index (χ2v) is 7.96. The molecule has 0 aliphatic carbocycles. The normalized spacial score (nSPS) is 13.8. The highest BCUT2D eigenvalue weighted by molar-refractivity contribution is 6.02. The first kappa shape index (κ1) is 16.6. The molecule has 0 N–H and O–H groups in total. The van der Waals surface area contributed by atoms with E-state index in [2.05, 4.69) is 22.6 Å². The van der Waals surface area contributed by atoms with Gasteiger partial charge in [-0.25, -0.2) is 9.97 Å². The molecule has 6 nitrogen and oxygen atoms in total. The summed E-state index contributed by atoms with van der Waals surface area (Å²) >= 11 is 0. The minimum absolute atomic E-state index is 0.0201. The van der Waals surface area contributed by atoms with E-state index in [1.54, 1.807) is 0 Å². The molecule has 0 spiro atoms. The molecule has 1 aliphatic rings. The van der Waals surface area contributed by atoms with Gasteiger partial charge in [0.2, 0.25) is 0 Å². The number of rotatable bonds is 2. The van der Waals surface area contributed by atoms with Gasteiger partial charge in [0.25, 0.3) is 5.91 Å². The molecule has 0 saturated carbocycles. The maximum absolute atomic E-state index is 13.7. The largest absolute Gasteiger partial charge is 0.327 e. The standard InChI is InChI=1S/C25H17N5O/c31-25-22-21(15-28(25)14-16-8-2-1-3-9-16)29-19-12-6-4-10-17(19)26-23(29)24-27-18-11-5-7-13-20(18)30(22)24/h1-13H,14-15H2. The lowest BCUT2D eigenvalue weighted by Gasteiger charge is -2.15. The topological polar surface area (TPSA) is 54.9 Å². The van der Waals surface area contributed by atoms with E-state index in [-0.39, 0.29) is 5.91 Å². The predicted molar refractivity (Wildman–Crippen MR) is 119 cm³/mol. The third-order valence-corrected chi connectivity index (χ3v) is 6.14. The number of hydrogen-bond acceptors (Lipinski definition) is 3. The Bertz CT molecular complexity index is 1660. The Morgan fingerprint density at radius 2 is 1.29 bits per heavy atom. The van der Waals surface area contributed by atoms with Gasteiger partial charge in [-0.05, 0) is 29.8 Å². The van der Waals surface area contributed by atoms with Crippen LogP contribution in [0.3, 0.4) is 0 Å². The van der Waals surface area contributed by atoms with Gasteiger partial charge in [-0.2, -0.15) is 0 Å². The lowest BCUT2D eigenvalue weighted by molar-refractivity contribution is 0.0761. The Morgan fingerprint density at radius 3 is 2.00 bits per heavy atom. The number of nitrogens with zero attached hydrogens (tertiary/aromatic N) is 5. The molecule has 3 aromatic heterocycles. The van der Waals surface area contributed by atoms with E-state index >= 15 is 0 Å². The van der Waals surface area contributed by atoms with Crippen molar-refractivity contribution in [3.05, 3.63) is 95.8 Å². The fourth-order valence-corrected chi connectivity index (χ4v) is 4.79. The maximum atomic E-state index is 13.7. The third-order valence-electron chi connectivity index (χ3n) is 6.14. The molecule has 7 rings (SSSR count). The van der Waals surface area contributed by atoms with E-state index < -0.39 is 0 Å². The zero-order valence-electron chi connectivity index (χ0n) is 16.6. The molecule has 31 heavy (non-hydrogen) atoms. The molecule has 0 atom stereocenters. The van der Waals surface area contributed by atoms with Crippen molar-refractivity contribution < 1.29 is 4.79 Å². The van der Waals surface area contributed by atoms with E-state index in [1.165, 1.54) is 0 Å². The van der Waals surface area contributed by atoms with Gasteiger partial charge in [0, 0.05) is 6.54 Å². The first-order chi connectivity index (χ1) is 15.3. The number of amides is 1. The third kappa shape index (κ3) is 2.19. The summed E-state index contributed by atoms with van der Waals surface area (Å²) in [5.74, 6) is 0.0201. The molecule has 148 valence electrons. The molecule has 0 unspecified atom stereocenters. The number of carbonyl (C=O) groups excluding carboxylic acids is 1. The van der Waals surface area contributed by atoms with Crippen LogP contribution in [0.15, 0.2) is 78.9 Å². The Hall–Kier alpha value is -4.19. The molecule has 1 aliphatic heterocycles. The van der Waals surface area contributed by atoms with Gasteiger partial charge in [0.05, 0.1) is 34.3 Å². The van der Waals surface area contributed by atoms with Crippen LogP contribution in [0.25, 0.3) is 33.4 Å². The molecule has 4 heterocycles. The first-order valence-corrected chi connectivity index (χ1v) is 10.3. The number of aromatic nitrogens is 4. The smallest absolute Gasteiger partial charge is 0.273 e. The fourth-order valence-electron chi connectivity index (χ4n) is 4.79. The maximum Gasteiger partial charge on any atom is 0.273 e. The highest BCUT2D eigenvalue weighted by atomic mass is 16.2. The van der Waals surface area contributed by atoms with Crippen molar-refractivity contribution in [1.82, 2.24) is 23.7 Å². The van der Waals surface area contributed by atoms with Crippen molar-refractivity contribution in [1.29, 1.82) is 0 Å². The molecule has 0 radical (unpaired) electrons. The second-order valence-electron chi connectivity index (χ2n) is 7.96. The van der Waals surface area contributed by atoms with Crippen LogP contribution in [-0.4, -0.2) is 29.6 Å². The summed E-state index contributed by atoms with van der Waals surface area (Å²) < 4.78 is 4.12. The minimum Gasteiger partial charge on any atom is -0.327 e. The number of hydrogen-bond donors (Lipinski definition) is 0. The van der Waals surface area contributed by atoms with Crippen LogP contribution in [0, 0.1) is 0 Å². The van der Waals surface area contributed by atoms with Crippen molar-refractivity contribution >= 4 is 39.3 Å². The molecule has 0 fully saturated rings. The van der Waals surface area contributed by atoms with Gasteiger partial charge in [0.1, 0.15) is 5.69 Å². The molecule has 1 amide bonds. The summed E-state index contributed by atoms with van der Waals surface area (Å²) in [6.07, 6.45) is 0. The van der Waals surface area contributed by atoms with E-state index in [0.717, 1.165) is 39.0 Å². The van der Waals surface area contributed by atoms with E-state index in [9.17, 15) is 4.79 Å². The SMILES string of the molecule is O=C1c2c(n3c4ccccc4nc3c3nc4ccccc4n23)CN1Cc1ccccc1. The van der Waals surface area contributed by atoms with Crippen LogP contribution in [-0.2, 0) is 13.1 Å². The Kier molecular flexibility index (Phi) is 3.17. The van der Waals surface area contributed by atoms with Crippen molar-refractivity contribution in [3.8, 4) is 0 Å². The number of imidazole rings is 2. The van der Waals surface area contributed by atoms with Crippen LogP contribution in [0.4, 0.5) is 0 Å². The summed E-state index contributed by atoms with van der Waals surface area (Å²) in [6, 6.07) is 26.1. The molecular weight excluding hydrogens is 386 g/mol. The van der Waals surface area contributed by atoms with E-state index in [0.29, 0.717) is 24.4 Å². The zero-order valence-corrected chi connectivity index (χ0v) is 16.6. The molecular formula is C25H17N5O. The second kappa shape index (κ2) is 5.92. The van der Waals surface area contributed by atoms with E-state index in [1.807, 2.05) is 70.0 Å². The molecule has 6 aromatic rings. The van der Waals surface area contributed by atoms with Gasteiger partial charge in [-0.1, -0.05) is 54.6 Å². The van der Waals surface area contributed by atoms with E-state index in [4.69, 9.17) is 9.97 Å². The van der Waals surface area contributed by atoms with Gasteiger partial charge in [0.15, 0.2) is 11.3 Å². The number of benzene rings is 3. The Morgan fingerprint density at radius 1 is 0.710 bits per heavy atom. The monoisotopic (exact) mass is 403 g/mol. The summed E-state index contributed by atoms with van der Waals surface area (Å²) in [6.45, 7) is 1.10. The van der Waals surface area contributed by atoms with Crippen molar-refractivity contribution in [3.63, 3.8) is 0 Å². The minimum atomic E-state index is 0.0201. The Labute approximate surface area is 177 Å². The zero-order chi connectivity index (χ0) is 20.5. The summed E-state index contributed by atoms with van der Waals surface area (Å²) in [4.78, 5) is 25.4. The number of carbonyl (C=O) groups is 1. The summed E-state index contributed by atoms with van der Waals surface area (Å²) in [5, 5.41) is 0. The van der Waals surface area contributed by atoms with Crippen molar-refractivity contribution in [2.24, 2.45) is 0 Å². The highest BCUT2D eigenvalue weighted by Gasteiger charge is 2.34. The molecule has 6 heteroatoms. The van der Waals surface area contributed by atoms with Gasteiger partial charge >= 0.3 is 0 Å². The summed E-state index contributed by atoms with van der Waals surface area (Å²) in [5.41, 5.74) is 7.93. The van der Waals surface area contributed by atoms with Crippen molar-refractivity contribution in [2.45, 2.75) is 13.1 Å². The van der Waals surface area contributed by atoms with Crippen molar-refractivity contribution in [2.75, 3.05) is 0 Å². The van der Waals surface area contributed by atoms with Gasteiger partial charge < -0.3 is 4.90 Å². The number of para-hydroxylation sites is 4. The van der Waals surface area contributed by atoms with Crippen LogP contribution in [0.2, 0.25) is 0 Å². The predicted octanol–water partition coefficient (Wildman–Crippen LogP) is 4.44. The molecule has 3 aromatic carbocycles. The average Bonchev–Trinajstić information content (AvgIpc) is 3.46. The Balaban J connectivity index is 1.58. The van der Waals surface area contributed by atoms with Gasteiger partial charge in [-0.15, -0.1) is 0 Å². The average molecular weight is 403 g/mol. The number of fused-ring (bicyclic) bond motifs is 10. The quantitative estimate of drug-likeness (QED) is 0.429. The lowest BCUT2D eigenvalue weighted by atomic mass is 10.2. The van der Waals surface area contributed by atoms with Crippen LogP contribution >= 0.6 is 0 Å². The fraction of sp³-hybridized carbons (Fsp3) is 0.0800. The molecule has 0 bridgehead atoms. The van der Waals surface area contributed by atoms with Crippen LogP contribution in [0.5, 0.6) is 0 Å². The summed E-state index contributed by atoms with van der Waals surface area (Å²) in [7, 11) is 0. The van der Waals surface area contributed by atoms with Gasteiger partial charge in [-0.3, -0.25) is 13.6 Å².